The lowest BCUT2D eigenvalue weighted by molar-refractivity contribution is -0.384. The van der Waals surface area contributed by atoms with Crippen LogP contribution in [0, 0.1) is 17.0 Å². The number of non-ortho nitro benzene ring substituents is 1. The van der Waals surface area contributed by atoms with Gasteiger partial charge in [0.2, 0.25) is 0 Å². The van der Waals surface area contributed by atoms with E-state index in [2.05, 4.69) is 0 Å². The van der Waals surface area contributed by atoms with Gasteiger partial charge in [0.15, 0.2) is 0 Å². The van der Waals surface area contributed by atoms with Crippen LogP contribution in [0.4, 0.5) is 5.69 Å². The zero-order chi connectivity index (χ0) is 23.4. The number of nitrogens with zero attached hydrogens (tertiary/aromatic N) is 2. The van der Waals surface area contributed by atoms with E-state index in [4.69, 9.17) is 17.0 Å². The Morgan fingerprint density at radius 3 is 2.55 bits per heavy atom. The van der Waals surface area contributed by atoms with E-state index >= 15 is 0 Å². The predicted molar refractivity (Wildman–Crippen MR) is 134 cm³/mol. The van der Waals surface area contributed by atoms with Crippen molar-refractivity contribution in [2.75, 3.05) is 0 Å². The first-order valence-electron chi connectivity index (χ1n) is 10.2. The van der Waals surface area contributed by atoms with Gasteiger partial charge in [0.1, 0.15) is 16.7 Å². The molecule has 6 nitrogen and oxygen atoms in total. The van der Waals surface area contributed by atoms with Crippen LogP contribution in [-0.4, -0.2) is 20.1 Å². The fourth-order valence-corrected chi connectivity index (χ4v) is 4.61. The number of amides is 1. The highest BCUT2D eigenvalue weighted by atomic mass is 32.2. The van der Waals surface area contributed by atoms with Gasteiger partial charge >= 0.3 is 0 Å². The van der Waals surface area contributed by atoms with Gasteiger partial charge in [-0.2, -0.15) is 0 Å². The molecule has 1 aliphatic heterocycles. The molecule has 0 unspecified atom stereocenters. The van der Waals surface area contributed by atoms with Gasteiger partial charge in [-0.25, -0.2) is 0 Å². The van der Waals surface area contributed by atoms with E-state index in [1.165, 1.54) is 28.8 Å². The number of carbonyl (C=O) groups is 1. The van der Waals surface area contributed by atoms with Crippen molar-refractivity contribution in [2.45, 2.75) is 20.1 Å². The molecule has 166 valence electrons. The number of rotatable bonds is 7. The van der Waals surface area contributed by atoms with Gasteiger partial charge in [0, 0.05) is 17.7 Å². The number of ether oxygens (including phenoxy) is 1. The molecule has 1 aliphatic rings. The van der Waals surface area contributed by atoms with E-state index in [-0.39, 0.29) is 11.6 Å². The molecule has 1 heterocycles. The Balaban J connectivity index is 1.62. The van der Waals surface area contributed by atoms with Gasteiger partial charge < -0.3 is 4.74 Å². The average molecular weight is 477 g/mol. The summed E-state index contributed by atoms with van der Waals surface area (Å²) in [5.74, 6) is 0.224. The monoisotopic (exact) mass is 476 g/mol. The molecule has 1 amide bonds. The van der Waals surface area contributed by atoms with Gasteiger partial charge in [-0.1, -0.05) is 78.6 Å². The number of carbonyl (C=O) groups excluding carboxylic acids is 1. The molecule has 0 saturated carbocycles. The molecule has 3 aromatic carbocycles. The Bertz CT molecular complexity index is 1260. The summed E-state index contributed by atoms with van der Waals surface area (Å²) in [4.78, 5) is 25.9. The first-order valence-corrected chi connectivity index (χ1v) is 11.4. The van der Waals surface area contributed by atoms with Crippen LogP contribution in [0.3, 0.4) is 0 Å². The number of hydrogen-bond acceptors (Lipinski definition) is 6. The van der Waals surface area contributed by atoms with Crippen LogP contribution >= 0.6 is 24.0 Å². The van der Waals surface area contributed by atoms with Gasteiger partial charge in [0.05, 0.1) is 16.4 Å². The third kappa shape index (κ3) is 5.30. The molecule has 3 aromatic rings. The lowest BCUT2D eigenvalue weighted by atomic mass is 10.1. The number of thioether (sulfide) groups is 1. The van der Waals surface area contributed by atoms with Crippen LogP contribution in [0.2, 0.25) is 0 Å². The highest BCUT2D eigenvalue weighted by Gasteiger charge is 2.32. The molecule has 1 saturated heterocycles. The number of nitro groups is 1. The molecule has 0 aromatic heterocycles. The molecule has 1 fully saturated rings. The second-order valence-corrected chi connectivity index (χ2v) is 9.12. The summed E-state index contributed by atoms with van der Waals surface area (Å²) >= 11 is 6.61. The number of aryl methyl sites for hydroxylation is 1. The maximum Gasteiger partial charge on any atom is 0.270 e. The van der Waals surface area contributed by atoms with Crippen molar-refractivity contribution in [1.82, 2.24) is 4.90 Å². The van der Waals surface area contributed by atoms with Crippen LogP contribution in [0.1, 0.15) is 22.3 Å². The van der Waals surface area contributed by atoms with E-state index in [0.717, 1.165) is 16.7 Å². The van der Waals surface area contributed by atoms with Gasteiger partial charge in [-0.15, -0.1) is 0 Å². The minimum Gasteiger partial charge on any atom is -0.488 e. The first-order chi connectivity index (χ1) is 15.9. The van der Waals surface area contributed by atoms with Crippen LogP contribution in [0.15, 0.2) is 77.7 Å². The summed E-state index contributed by atoms with van der Waals surface area (Å²) in [6, 6.07) is 21.8. The second kappa shape index (κ2) is 9.97. The summed E-state index contributed by atoms with van der Waals surface area (Å²) < 4.78 is 6.45. The molecule has 4 rings (SSSR count). The Kier molecular flexibility index (Phi) is 6.86. The van der Waals surface area contributed by atoms with Crippen LogP contribution in [0.5, 0.6) is 5.75 Å². The molecule has 33 heavy (non-hydrogen) atoms. The van der Waals surface area contributed by atoms with Crippen molar-refractivity contribution in [3.63, 3.8) is 0 Å². The lowest BCUT2D eigenvalue weighted by Gasteiger charge is -2.14. The van der Waals surface area contributed by atoms with Gasteiger partial charge in [-0.05, 0) is 35.8 Å². The summed E-state index contributed by atoms with van der Waals surface area (Å²) in [6.45, 7) is 2.67. The number of thiocarbonyl (C=S) groups is 1. The molecule has 8 heteroatoms. The minimum atomic E-state index is -0.469. The summed E-state index contributed by atoms with van der Waals surface area (Å²) in [6.07, 6.45) is 1.62. The Morgan fingerprint density at radius 1 is 1.09 bits per heavy atom. The number of nitro benzene ring substituents is 1. The zero-order valence-corrected chi connectivity index (χ0v) is 19.4. The topological polar surface area (TPSA) is 72.7 Å². The molecule has 0 aliphatic carbocycles. The van der Waals surface area contributed by atoms with E-state index in [1.54, 1.807) is 12.1 Å². The van der Waals surface area contributed by atoms with Gasteiger partial charge in [-0.3, -0.25) is 19.8 Å². The predicted octanol–water partition coefficient (Wildman–Crippen LogP) is 5.88. The Labute approximate surface area is 201 Å². The maximum absolute atomic E-state index is 13.1. The summed E-state index contributed by atoms with van der Waals surface area (Å²) in [7, 11) is 0. The smallest absolute Gasteiger partial charge is 0.270 e. The standard InChI is InChI=1S/C25H20N2O4S2/c1-17-7-5-6-10-19(17)16-31-22-12-11-21(27(29)30)13-20(22)14-23-24(28)26(25(32)33-23)15-18-8-3-2-4-9-18/h2-14H,15-16H2,1H3/b23-14-. The average Bonchev–Trinajstić information content (AvgIpc) is 3.07. The fourth-order valence-electron chi connectivity index (χ4n) is 3.36. The summed E-state index contributed by atoms with van der Waals surface area (Å²) in [5.41, 5.74) is 3.44. The normalized spacial score (nSPS) is 14.7. The van der Waals surface area contributed by atoms with Crippen molar-refractivity contribution in [1.29, 1.82) is 0 Å². The molecule has 0 N–H and O–H groups in total. The van der Waals surface area contributed by atoms with Crippen LogP contribution < -0.4 is 4.74 Å². The fraction of sp³-hybridized carbons (Fsp3) is 0.120. The minimum absolute atomic E-state index is 0.0794. The van der Waals surface area contributed by atoms with E-state index < -0.39 is 4.92 Å². The van der Waals surface area contributed by atoms with E-state index in [9.17, 15) is 14.9 Å². The SMILES string of the molecule is Cc1ccccc1COc1ccc([N+](=O)[O-])cc1/C=C1\SC(=S)N(Cc2ccccc2)C1=O. The maximum atomic E-state index is 13.1. The second-order valence-electron chi connectivity index (χ2n) is 7.45. The first kappa shape index (κ1) is 22.7. The number of hydrogen-bond donors (Lipinski definition) is 0. The van der Waals surface area contributed by atoms with Crippen molar-refractivity contribution < 1.29 is 14.5 Å². The Morgan fingerprint density at radius 2 is 1.82 bits per heavy atom. The van der Waals surface area contributed by atoms with Crippen LogP contribution in [0.25, 0.3) is 6.08 Å². The molecule has 0 radical (unpaired) electrons. The van der Waals surface area contributed by atoms with Crippen LogP contribution in [-0.2, 0) is 17.9 Å². The van der Waals surface area contributed by atoms with E-state index in [0.29, 0.717) is 33.7 Å². The largest absolute Gasteiger partial charge is 0.488 e. The van der Waals surface area contributed by atoms with Gasteiger partial charge in [0.25, 0.3) is 11.6 Å². The van der Waals surface area contributed by atoms with Crippen molar-refractivity contribution in [3.05, 3.63) is 110 Å². The third-order valence-corrected chi connectivity index (χ3v) is 6.57. The van der Waals surface area contributed by atoms with Crippen molar-refractivity contribution >= 4 is 46.0 Å². The quantitative estimate of drug-likeness (QED) is 0.183. The number of benzene rings is 3. The van der Waals surface area contributed by atoms with E-state index in [1.807, 2.05) is 61.5 Å². The highest BCUT2D eigenvalue weighted by molar-refractivity contribution is 8.26. The zero-order valence-electron chi connectivity index (χ0n) is 17.8. The van der Waals surface area contributed by atoms with Crippen molar-refractivity contribution in [2.24, 2.45) is 0 Å². The molecule has 0 bridgehead atoms. The third-order valence-electron chi connectivity index (χ3n) is 5.19. The molecule has 0 spiro atoms. The molecule has 0 atom stereocenters. The molecular weight excluding hydrogens is 456 g/mol. The highest BCUT2D eigenvalue weighted by Crippen LogP contribution is 2.36. The lowest BCUT2D eigenvalue weighted by Crippen LogP contribution is -2.27. The van der Waals surface area contributed by atoms with Crippen molar-refractivity contribution in [3.8, 4) is 5.75 Å². The summed E-state index contributed by atoms with van der Waals surface area (Å²) in [5, 5.41) is 11.3. The Hall–Kier alpha value is -3.49. The molecular formula is C25H20N2O4S2.